The van der Waals surface area contributed by atoms with E-state index in [9.17, 15) is 14.9 Å². The summed E-state index contributed by atoms with van der Waals surface area (Å²) in [5.74, 6) is -0.635. The molecule has 0 aliphatic carbocycles. The van der Waals surface area contributed by atoms with E-state index in [1.807, 2.05) is 18.2 Å². The largest absolute Gasteiger partial charge is 0.378 e. The number of hydrogen-bond acceptors (Lipinski definition) is 5. The van der Waals surface area contributed by atoms with Crippen LogP contribution in [0.1, 0.15) is 52.0 Å². The van der Waals surface area contributed by atoms with Crippen LogP contribution in [0, 0.1) is 22.7 Å². The molecule has 1 unspecified atom stereocenters. The second-order valence-corrected chi connectivity index (χ2v) is 10.6. The van der Waals surface area contributed by atoms with Gasteiger partial charge in [0.15, 0.2) is 0 Å². The lowest BCUT2D eigenvalue weighted by molar-refractivity contribution is -0.140. The van der Waals surface area contributed by atoms with Crippen LogP contribution in [0.3, 0.4) is 0 Å². The van der Waals surface area contributed by atoms with Gasteiger partial charge in [-0.05, 0) is 30.2 Å². The lowest BCUT2D eigenvalue weighted by atomic mass is 9.81. The Bertz CT molecular complexity index is 829. The van der Waals surface area contributed by atoms with Gasteiger partial charge in [-0.15, -0.1) is 0 Å². The van der Waals surface area contributed by atoms with Crippen molar-refractivity contribution in [2.24, 2.45) is 11.3 Å². The monoisotopic (exact) mass is 454 g/mol. The maximum atomic E-state index is 13.4. The Labute approximate surface area is 198 Å². The van der Waals surface area contributed by atoms with Gasteiger partial charge in [0.05, 0.1) is 19.3 Å². The Morgan fingerprint density at radius 1 is 1.12 bits per heavy atom. The van der Waals surface area contributed by atoms with Crippen molar-refractivity contribution >= 4 is 11.8 Å². The van der Waals surface area contributed by atoms with Crippen molar-refractivity contribution in [2.75, 3.05) is 39.4 Å². The molecule has 0 bridgehead atoms. The smallest absolute Gasteiger partial charge is 0.224 e. The molecule has 2 amide bonds. The number of carbonyl (C=O) groups excluding carboxylic acids is 2. The number of morpholine rings is 1. The van der Waals surface area contributed by atoms with Gasteiger partial charge >= 0.3 is 0 Å². The summed E-state index contributed by atoms with van der Waals surface area (Å²) in [6, 6.07) is 12.7. The topological polar surface area (TPSA) is 85.7 Å². The molecule has 1 aromatic carbocycles. The molecule has 0 saturated carbocycles. The summed E-state index contributed by atoms with van der Waals surface area (Å²) in [7, 11) is 0. The number of carbonyl (C=O) groups is 2. The van der Waals surface area contributed by atoms with Crippen molar-refractivity contribution < 1.29 is 14.3 Å². The van der Waals surface area contributed by atoms with Crippen LogP contribution in [0.15, 0.2) is 30.3 Å². The first kappa shape index (κ1) is 25.2. The van der Waals surface area contributed by atoms with Gasteiger partial charge in [-0.25, -0.2) is 0 Å². The zero-order valence-electron chi connectivity index (χ0n) is 20.3. The van der Waals surface area contributed by atoms with Crippen LogP contribution in [0.5, 0.6) is 0 Å². The summed E-state index contributed by atoms with van der Waals surface area (Å²) in [6.07, 6.45) is 1.94. The number of ether oxygens (including phenoxy) is 1. The summed E-state index contributed by atoms with van der Waals surface area (Å²) in [4.78, 5) is 30.4. The molecule has 1 aromatic rings. The molecule has 2 saturated heterocycles. The van der Waals surface area contributed by atoms with Gasteiger partial charge < -0.3 is 15.0 Å². The maximum Gasteiger partial charge on any atom is 0.224 e. The Balaban J connectivity index is 1.61. The average Bonchev–Trinajstić information content (AvgIpc) is 2.80. The fourth-order valence-electron chi connectivity index (χ4n) is 4.69. The molecular formula is C26H38N4O3. The predicted octanol–water partition coefficient (Wildman–Crippen LogP) is 2.96. The van der Waals surface area contributed by atoms with Crippen LogP contribution >= 0.6 is 0 Å². The third-order valence-electron chi connectivity index (χ3n) is 6.55. The number of rotatable bonds is 7. The van der Waals surface area contributed by atoms with Crippen LogP contribution in [0.2, 0.25) is 0 Å². The van der Waals surface area contributed by atoms with Crippen LogP contribution in [0.4, 0.5) is 0 Å². The van der Waals surface area contributed by atoms with Gasteiger partial charge in [0.2, 0.25) is 11.8 Å². The van der Waals surface area contributed by atoms with Crippen LogP contribution in [-0.2, 0) is 20.9 Å². The highest BCUT2D eigenvalue weighted by molar-refractivity contribution is 5.86. The quantitative estimate of drug-likeness (QED) is 0.685. The van der Waals surface area contributed by atoms with Crippen molar-refractivity contribution in [3.8, 4) is 6.07 Å². The fourth-order valence-corrected chi connectivity index (χ4v) is 4.69. The van der Waals surface area contributed by atoms with Crippen LogP contribution in [-0.4, -0.2) is 66.5 Å². The summed E-state index contributed by atoms with van der Waals surface area (Å²) in [5.41, 5.74) is 0.270. The van der Waals surface area contributed by atoms with Gasteiger partial charge in [-0.1, -0.05) is 51.1 Å². The minimum atomic E-state index is -0.873. The summed E-state index contributed by atoms with van der Waals surface area (Å²) in [5, 5.41) is 13.1. The molecule has 2 aliphatic heterocycles. The van der Waals surface area contributed by atoms with Crippen molar-refractivity contribution in [1.82, 2.24) is 15.1 Å². The van der Waals surface area contributed by atoms with E-state index in [0.717, 1.165) is 19.6 Å². The van der Waals surface area contributed by atoms with E-state index in [4.69, 9.17) is 4.74 Å². The molecule has 2 heterocycles. The number of nitrogens with zero attached hydrogens (tertiary/aromatic N) is 3. The zero-order valence-corrected chi connectivity index (χ0v) is 20.3. The van der Waals surface area contributed by atoms with E-state index in [1.54, 1.807) is 4.90 Å². The molecule has 0 radical (unpaired) electrons. The molecule has 1 N–H and O–H groups in total. The summed E-state index contributed by atoms with van der Waals surface area (Å²) < 4.78 is 5.34. The third kappa shape index (κ3) is 7.55. The summed E-state index contributed by atoms with van der Waals surface area (Å²) in [6.45, 7) is 10.8. The SMILES string of the molecule is CC(C)(C)CC(CC(=O)N1CCOCC1)C(=O)NC1(C#N)CCN(Cc2ccccc2)CC1. The van der Waals surface area contributed by atoms with Crippen molar-refractivity contribution in [3.63, 3.8) is 0 Å². The number of amides is 2. The van der Waals surface area contributed by atoms with E-state index >= 15 is 0 Å². The lowest BCUT2D eigenvalue weighted by Gasteiger charge is -2.39. The van der Waals surface area contributed by atoms with E-state index < -0.39 is 11.5 Å². The molecule has 7 nitrogen and oxygen atoms in total. The predicted molar refractivity (Wildman–Crippen MR) is 127 cm³/mol. The highest BCUT2D eigenvalue weighted by Crippen LogP contribution is 2.29. The number of likely N-dealkylation sites (tertiary alicyclic amines) is 1. The molecule has 2 fully saturated rings. The highest BCUT2D eigenvalue weighted by atomic mass is 16.5. The number of hydrogen-bond donors (Lipinski definition) is 1. The number of piperidine rings is 1. The van der Waals surface area contributed by atoms with Gasteiger partial charge in [0.25, 0.3) is 0 Å². The molecule has 0 aromatic heterocycles. The Morgan fingerprint density at radius 3 is 2.33 bits per heavy atom. The van der Waals surface area contributed by atoms with E-state index in [1.165, 1.54) is 5.56 Å². The number of nitriles is 1. The van der Waals surface area contributed by atoms with E-state index in [2.05, 4.69) is 49.2 Å². The Kier molecular flexibility index (Phi) is 8.50. The van der Waals surface area contributed by atoms with E-state index in [-0.39, 0.29) is 23.7 Å². The Hall–Kier alpha value is -2.43. The maximum absolute atomic E-state index is 13.4. The van der Waals surface area contributed by atoms with Crippen molar-refractivity contribution in [3.05, 3.63) is 35.9 Å². The lowest BCUT2D eigenvalue weighted by Crippen LogP contribution is -2.56. The Morgan fingerprint density at radius 2 is 1.76 bits per heavy atom. The molecule has 180 valence electrons. The molecule has 7 heteroatoms. The third-order valence-corrected chi connectivity index (χ3v) is 6.55. The fraction of sp³-hybridized carbons (Fsp3) is 0.654. The molecule has 2 aliphatic rings. The second-order valence-electron chi connectivity index (χ2n) is 10.6. The summed E-state index contributed by atoms with van der Waals surface area (Å²) >= 11 is 0. The normalized spacial score (nSPS) is 20.0. The first-order valence-electron chi connectivity index (χ1n) is 12.0. The van der Waals surface area contributed by atoms with Gasteiger partial charge in [-0.3, -0.25) is 14.5 Å². The van der Waals surface area contributed by atoms with Crippen LogP contribution < -0.4 is 5.32 Å². The van der Waals surface area contributed by atoms with Gasteiger partial charge in [0, 0.05) is 45.1 Å². The van der Waals surface area contributed by atoms with Crippen LogP contribution in [0.25, 0.3) is 0 Å². The van der Waals surface area contributed by atoms with Crippen molar-refractivity contribution in [1.29, 1.82) is 5.26 Å². The molecule has 3 rings (SSSR count). The van der Waals surface area contributed by atoms with Gasteiger partial charge in [0.1, 0.15) is 5.54 Å². The highest BCUT2D eigenvalue weighted by Gasteiger charge is 2.39. The zero-order chi connectivity index (χ0) is 23.9. The standard InChI is InChI=1S/C26H38N4O3/c1-25(2,3)18-22(17-23(31)30-13-15-33-16-14-30)24(32)28-26(20-27)9-11-29(12-10-26)19-21-7-5-4-6-8-21/h4-8,22H,9-19H2,1-3H3,(H,28,32). The molecule has 33 heavy (non-hydrogen) atoms. The van der Waals surface area contributed by atoms with Crippen molar-refractivity contribution in [2.45, 2.75) is 58.5 Å². The average molecular weight is 455 g/mol. The first-order chi connectivity index (χ1) is 15.7. The minimum absolute atomic E-state index is 0.00797. The van der Waals surface area contributed by atoms with E-state index in [0.29, 0.717) is 45.6 Å². The molecular weight excluding hydrogens is 416 g/mol. The number of nitrogens with one attached hydrogen (secondary N) is 1. The molecule has 0 spiro atoms. The minimum Gasteiger partial charge on any atom is -0.378 e. The second kappa shape index (κ2) is 11.1. The first-order valence-corrected chi connectivity index (χ1v) is 12.0. The molecule has 1 atom stereocenters. The van der Waals surface area contributed by atoms with Gasteiger partial charge in [-0.2, -0.15) is 5.26 Å². The number of benzene rings is 1.